The molecule has 0 aliphatic heterocycles. The fourth-order valence-electron chi connectivity index (χ4n) is 2.53. The van der Waals surface area contributed by atoms with Gasteiger partial charge < -0.3 is 10.6 Å². The Hall–Kier alpha value is -3.61. The lowest BCUT2D eigenvalue weighted by atomic mass is 10.1. The lowest BCUT2D eigenvalue weighted by molar-refractivity contribution is -0.136. The Morgan fingerprint density at radius 1 is 0.643 bits per heavy atom. The summed E-state index contributed by atoms with van der Waals surface area (Å²) in [5.74, 6) is -0.991. The predicted octanol–water partition coefficient (Wildman–Crippen LogP) is 5.21. The smallest absolute Gasteiger partial charge is 0.322 e. The molecule has 0 bridgehead atoms. The van der Waals surface area contributed by atoms with Crippen molar-refractivity contribution >= 4 is 23.2 Å². The highest BCUT2D eigenvalue weighted by Gasteiger charge is 2.33. The van der Waals surface area contributed by atoms with E-state index in [1.165, 1.54) is 42.5 Å². The highest BCUT2D eigenvalue weighted by Crippen LogP contribution is 2.34. The van der Waals surface area contributed by atoms with Crippen LogP contribution in [0.2, 0.25) is 0 Å². The summed E-state index contributed by atoms with van der Waals surface area (Å²) in [6, 6.07) is 19.2. The van der Waals surface area contributed by atoms with Crippen LogP contribution in [0.25, 0.3) is 0 Å². The van der Waals surface area contributed by atoms with Gasteiger partial charge in [-0.2, -0.15) is 13.2 Å². The molecule has 142 valence electrons. The van der Waals surface area contributed by atoms with Crippen molar-refractivity contribution < 1.29 is 22.8 Å². The van der Waals surface area contributed by atoms with Gasteiger partial charge >= 0.3 is 6.18 Å². The molecule has 0 aliphatic carbocycles. The van der Waals surface area contributed by atoms with E-state index in [0.717, 1.165) is 6.07 Å². The minimum atomic E-state index is -4.57. The molecule has 0 heterocycles. The van der Waals surface area contributed by atoms with Crippen molar-refractivity contribution in [3.05, 3.63) is 95.6 Å². The molecule has 0 saturated carbocycles. The molecular weight excluding hydrogens is 369 g/mol. The molecule has 3 aromatic rings. The lowest BCUT2D eigenvalue weighted by Crippen LogP contribution is -2.17. The van der Waals surface area contributed by atoms with Crippen molar-refractivity contribution in [1.82, 2.24) is 0 Å². The first-order valence-electron chi connectivity index (χ1n) is 8.28. The van der Waals surface area contributed by atoms with Crippen molar-refractivity contribution in [2.45, 2.75) is 6.18 Å². The van der Waals surface area contributed by atoms with E-state index in [4.69, 9.17) is 0 Å². The molecule has 0 aromatic heterocycles. The zero-order valence-electron chi connectivity index (χ0n) is 14.5. The van der Waals surface area contributed by atoms with Crippen LogP contribution >= 0.6 is 0 Å². The maximum absolute atomic E-state index is 13.0. The third kappa shape index (κ3) is 4.56. The first kappa shape index (κ1) is 19.2. The summed E-state index contributed by atoms with van der Waals surface area (Å²) < 4.78 is 39.1. The molecule has 3 rings (SSSR count). The van der Waals surface area contributed by atoms with Crippen molar-refractivity contribution in [3.63, 3.8) is 0 Å². The van der Waals surface area contributed by atoms with E-state index >= 15 is 0 Å². The largest absolute Gasteiger partial charge is 0.418 e. The van der Waals surface area contributed by atoms with Gasteiger partial charge in [0.1, 0.15) is 0 Å². The van der Waals surface area contributed by atoms with E-state index in [-0.39, 0.29) is 17.2 Å². The van der Waals surface area contributed by atoms with Gasteiger partial charge in [-0.25, -0.2) is 0 Å². The first-order valence-corrected chi connectivity index (χ1v) is 8.28. The number of anilines is 2. The highest BCUT2D eigenvalue weighted by atomic mass is 19.4. The summed E-state index contributed by atoms with van der Waals surface area (Å²) >= 11 is 0. The number of hydrogen-bond donors (Lipinski definition) is 2. The minimum absolute atomic E-state index is 0.162. The quantitative estimate of drug-likeness (QED) is 0.649. The number of rotatable bonds is 4. The van der Waals surface area contributed by atoms with Crippen molar-refractivity contribution in [1.29, 1.82) is 0 Å². The second kappa shape index (κ2) is 7.96. The van der Waals surface area contributed by atoms with Gasteiger partial charge in [0.25, 0.3) is 11.8 Å². The number of nitrogens with one attached hydrogen (secondary N) is 2. The third-order valence-electron chi connectivity index (χ3n) is 3.92. The Bertz CT molecular complexity index is 985. The number of benzene rings is 3. The van der Waals surface area contributed by atoms with Crippen LogP contribution in [-0.4, -0.2) is 11.8 Å². The molecule has 0 fully saturated rings. The number of para-hydroxylation sites is 1. The summed E-state index contributed by atoms with van der Waals surface area (Å²) in [4.78, 5) is 24.4. The highest BCUT2D eigenvalue weighted by molar-refractivity contribution is 6.06. The number of halogens is 3. The van der Waals surface area contributed by atoms with Crippen molar-refractivity contribution in [2.75, 3.05) is 10.6 Å². The molecule has 0 spiro atoms. The second-order valence-corrected chi connectivity index (χ2v) is 5.89. The van der Waals surface area contributed by atoms with Crippen LogP contribution in [0.1, 0.15) is 26.3 Å². The van der Waals surface area contributed by atoms with E-state index < -0.39 is 17.6 Å². The van der Waals surface area contributed by atoms with Gasteiger partial charge in [-0.05, 0) is 48.5 Å². The molecule has 2 N–H and O–H groups in total. The van der Waals surface area contributed by atoms with Crippen LogP contribution in [0.15, 0.2) is 78.9 Å². The van der Waals surface area contributed by atoms with Crippen LogP contribution < -0.4 is 10.6 Å². The molecule has 2 amide bonds. The standard InChI is InChI=1S/C21H15F3N2O2/c22-21(23,24)17-8-4-5-9-18(17)26-20(28)15-10-12-16(13-11-15)25-19(27)14-6-2-1-3-7-14/h1-13H,(H,25,27)(H,26,28). The fourth-order valence-corrected chi connectivity index (χ4v) is 2.53. The Morgan fingerprint density at radius 3 is 1.82 bits per heavy atom. The fraction of sp³-hybridized carbons (Fsp3) is 0.0476. The molecular formula is C21H15F3N2O2. The van der Waals surface area contributed by atoms with E-state index in [1.807, 2.05) is 0 Å². The molecule has 7 heteroatoms. The maximum atomic E-state index is 13.0. The van der Waals surface area contributed by atoms with Crippen LogP contribution in [0.5, 0.6) is 0 Å². The Kier molecular flexibility index (Phi) is 5.44. The number of amides is 2. The van der Waals surface area contributed by atoms with Gasteiger partial charge in [0.15, 0.2) is 0 Å². The summed E-state index contributed by atoms with van der Waals surface area (Å²) in [7, 11) is 0. The molecule has 0 saturated heterocycles. The Morgan fingerprint density at radius 2 is 1.18 bits per heavy atom. The van der Waals surface area contributed by atoms with Gasteiger partial charge in [0, 0.05) is 16.8 Å². The molecule has 0 aliphatic rings. The van der Waals surface area contributed by atoms with Gasteiger partial charge in [0.05, 0.1) is 11.3 Å². The predicted molar refractivity (Wildman–Crippen MR) is 100 cm³/mol. The van der Waals surface area contributed by atoms with Crippen LogP contribution in [0.4, 0.5) is 24.5 Å². The molecule has 0 unspecified atom stereocenters. The van der Waals surface area contributed by atoms with E-state index in [9.17, 15) is 22.8 Å². The summed E-state index contributed by atoms with van der Waals surface area (Å²) in [5.41, 5.74) is -0.139. The summed E-state index contributed by atoms with van der Waals surface area (Å²) in [6.45, 7) is 0. The molecule has 4 nitrogen and oxygen atoms in total. The third-order valence-corrected chi connectivity index (χ3v) is 3.92. The normalized spacial score (nSPS) is 11.0. The van der Waals surface area contributed by atoms with Gasteiger partial charge in [0.2, 0.25) is 0 Å². The zero-order chi connectivity index (χ0) is 20.1. The average Bonchev–Trinajstić information content (AvgIpc) is 2.69. The molecule has 3 aromatic carbocycles. The number of carbonyl (C=O) groups excluding carboxylic acids is 2. The van der Waals surface area contributed by atoms with Crippen LogP contribution in [-0.2, 0) is 6.18 Å². The van der Waals surface area contributed by atoms with Crippen LogP contribution in [0.3, 0.4) is 0 Å². The SMILES string of the molecule is O=C(Nc1ccc(C(=O)Nc2ccccc2C(F)(F)F)cc1)c1ccccc1. The van der Waals surface area contributed by atoms with Crippen molar-refractivity contribution in [2.24, 2.45) is 0 Å². The minimum Gasteiger partial charge on any atom is -0.322 e. The molecule has 0 radical (unpaired) electrons. The van der Waals surface area contributed by atoms with Crippen LogP contribution in [0, 0.1) is 0 Å². The Balaban J connectivity index is 1.70. The number of hydrogen-bond acceptors (Lipinski definition) is 2. The van der Waals surface area contributed by atoms with Gasteiger partial charge in [-0.15, -0.1) is 0 Å². The number of carbonyl (C=O) groups is 2. The molecule has 0 atom stereocenters. The van der Waals surface area contributed by atoms with E-state index in [0.29, 0.717) is 11.3 Å². The topological polar surface area (TPSA) is 58.2 Å². The zero-order valence-corrected chi connectivity index (χ0v) is 14.5. The molecule has 28 heavy (non-hydrogen) atoms. The maximum Gasteiger partial charge on any atom is 0.418 e. The lowest BCUT2D eigenvalue weighted by Gasteiger charge is -2.13. The van der Waals surface area contributed by atoms with Gasteiger partial charge in [-0.1, -0.05) is 30.3 Å². The van der Waals surface area contributed by atoms with Gasteiger partial charge in [-0.3, -0.25) is 9.59 Å². The number of alkyl halides is 3. The summed E-state index contributed by atoms with van der Waals surface area (Å²) in [5, 5.41) is 4.96. The summed E-state index contributed by atoms with van der Waals surface area (Å²) in [6.07, 6.45) is -4.57. The Labute approximate surface area is 159 Å². The van der Waals surface area contributed by atoms with E-state index in [1.54, 1.807) is 30.3 Å². The monoisotopic (exact) mass is 384 g/mol. The average molecular weight is 384 g/mol. The second-order valence-electron chi connectivity index (χ2n) is 5.89. The van der Waals surface area contributed by atoms with E-state index in [2.05, 4.69) is 10.6 Å². The first-order chi connectivity index (χ1) is 13.3. The van der Waals surface area contributed by atoms with Crippen molar-refractivity contribution in [3.8, 4) is 0 Å².